The highest BCUT2D eigenvalue weighted by Crippen LogP contribution is 2.34. The zero-order chi connectivity index (χ0) is 30.1. The number of nitrogens with zero attached hydrogens (tertiary/aromatic N) is 3. The van der Waals surface area contributed by atoms with Gasteiger partial charge < -0.3 is 15.5 Å². The van der Waals surface area contributed by atoms with Gasteiger partial charge in [0.25, 0.3) is 0 Å². The molecule has 10 heteroatoms. The molecule has 2 heterocycles. The van der Waals surface area contributed by atoms with Gasteiger partial charge >= 0.3 is 0 Å². The van der Waals surface area contributed by atoms with Crippen molar-refractivity contribution >= 4 is 52.4 Å². The fourth-order valence-corrected chi connectivity index (χ4v) is 3.10. The zero-order valence-electron chi connectivity index (χ0n) is 23.5. The lowest BCUT2D eigenvalue weighted by atomic mass is 10.1. The lowest BCUT2D eigenvalue weighted by Crippen LogP contribution is -2.18. The van der Waals surface area contributed by atoms with Gasteiger partial charge in [-0.25, -0.2) is 18.6 Å². The molecule has 3 rings (SSSR count). The molecule has 7 nitrogen and oxygen atoms in total. The number of carbonyl (C=O) groups excluding carboxylic acids is 2. The summed E-state index contributed by atoms with van der Waals surface area (Å²) in [4.78, 5) is 30.1. The summed E-state index contributed by atoms with van der Waals surface area (Å²) >= 11 is 6.00. The molecule has 1 aromatic carbocycles. The van der Waals surface area contributed by atoms with Gasteiger partial charge in [0.05, 0.1) is 39.6 Å². The fraction of sp³-hybridized carbons (Fsp3) is 0.276. The van der Waals surface area contributed by atoms with Crippen molar-refractivity contribution in [3.05, 3.63) is 83.4 Å². The number of aromatic nitrogens is 1. The van der Waals surface area contributed by atoms with Crippen LogP contribution in [0.5, 0.6) is 0 Å². The Morgan fingerprint density at radius 3 is 2.31 bits per heavy atom. The third kappa shape index (κ3) is 9.96. The highest BCUT2D eigenvalue weighted by Gasteiger charge is 2.22. The highest BCUT2D eigenvalue weighted by atomic mass is 35.5. The molecular weight excluding hydrogens is 524 g/mol. The monoisotopic (exact) mass is 559 g/mol. The van der Waals surface area contributed by atoms with E-state index in [9.17, 15) is 9.18 Å². The van der Waals surface area contributed by atoms with E-state index in [0.29, 0.717) is 27.8 Å². The second-order valence-corrected chi connectivity index (χ2v) is 7.93. The van der Waals surface area contributed by atoms with Crippen LogP contribution in [0.2, 0.25) is 5.02 Å². The number of rotatable bonds is 6. The van der Waals surface area contributed by atoms with Gasteiger partial charge in [0.15, 0.2) is 11.6 Å². The first-order valence-corrected chi connectivity index (χ1v) is 12.6. The van der Waals surface area contributed by atoms with Crippen molar-refractivity contribution in [2.45, 2.75) is 48.0 Å². The number of pyridine rings is 1. The molecule has 0 unspecified atom stereocenters. The third-order valence-corrected chi connectivity index (χ3v) is 4.89. The minimum atomic E-state index is -0.842. The van der Waals surface area contributed by atoms with Crippen molar-refractivity contribution in [1.82, 2.24) is 9.88 Å². The Labute approximate surface area is 234 Å². The molecule has 0 fully saturated rings. The average molecular weight is 560 g/mol. The minimum absolute atomic E-state index is 0.0134. The quantitative estimate of drug-likeness (QED) is 0.276. The van der Waals surface area contributed by atoms with E-state index in [0.717, 1.165) is 6.07 Å². The largest absolute Gasteiger partial charge is 0.371 e. The van der Waals surface area contributed by atoms with Crippen molar-refractivity contribution in [2.24, 2.45) is 4.99 Å². The number of allylic oxidation sites excluding steroid dienone is 2. The minimum Gasteiger partial charge on any atom is -0.371 e. The standard InChI is InChI=1S/C22H20ClF2N5O.C3H8.C2H2O.C2H6/c1-5-30-11-18(27-10-19(30)12(2)13(3)31)20-15(24)6-7-16(21(20)25)29-17-8-14(23)9-28-22(17)26-4;1-3-2;1-2-3;1-2/h5-11,29H,1H2,2-4H3,(H,26,28);3H2,1-2H3;1H2;1-2H3/b19-12+;;;. The summed E-state index contributed by atoms with van der Waals surface area (Å²) in [5, 5.41) is 6.12. The molecule has 1 aliphatic heterocycles. The number of nitrogens with one attached hydrogen (secondary N) is 2. The third-order valence-electron chi connectivity index (χ3n) is 4.68. The number of Topliss-reactive ketones (excluding diaryl/α,β-unsaturated/α-hetero) is 1. The van der Waals surface area contributed by atoms with Crippen molar-refractivity contribution in [1.29, 1.82) is 0 Å². The summed E-state index contributed by atoms with van der Waals surface area (Å²) in [6.07, 6.45) is 6.93. The van der Waals surface area contributed by atoms with Gasteiger partial charge in [-0.15, -0.1) is 0 Å². The van der Waals surface area contributed by atoms with Gasteiger partial charge in [-0.2, -0.15) is 0 Å². The molecule has 39 heavy (non-hydrogen) atoms. The van der Waals surface area contributed by atoms with E-state index >= 15 is 4.39 Å². The number of benzene rings is 1. The Bertz CT molecular complexity index is 1270. The number of halogens is 3. The Hall–Kier alpha value is -4.07. The molecule has 210 valence electrons. The Kier molecular flexibility index (Phi) is 16.3. The van der Waals surface area contributed by atoms with Crippen LogP contribution in [-0.2, 0) is 9.59 Å². The second-order valence-electron chi connectivity index (χ2n) is 7.49. The fourth-order valence-electron chi connectivity index (χ4n) is 2.95. The van der Waals surface area contributed by atoms with Gasteiger partial charge in [-0.05, 0) is 38.6 Å². The Morgan fingerprint density at radius 1 is 1.21 bits per heavy atom. The molecule has 0 saturated heterocycles. The van der Waals surface area contributed by atoms with Crippen LogP contribution >= 0.6 is 11.6 Å². The predicted octanol–water partition coefficient (Wildman–Crippen LogP) is 7.94. The lowest BCUT2D eigenvalue weighted by Gasteiger charge is -2.23. The van der Waals surface area contributed by atoms with Crippen molar-refractivity contribution in [3.63, 3.8) is 0 Å². The molecule has 1 aliphatic rings. The van der Waals surface area contributed by atoms with E-state index in [1.165, 1.54) is 55.1 Å². The molecule has 0 radical (unpaired) electrons. The number of aliphatic imine (C=N–C) groups is 1. The number of carbonyl (C=O) groups is 1. The number of hydrogen-bond donors (Lipinski definition) is 2. The van der Waals surface area contributed by atoms with E-state index in [1.807, 2.05) is 13.8 Å². The van der Waals surface area contributed by atoms with Crippen LogP contribution in [0, 0.1) is 11.6 Å². The van der Waals surface area contributed by atoms with Crippen LogP contribution in [0.4, 0.5) is 26.0 Å². The molecule has 0 atom stereocenters. The second kappa shape index (κ2) is 18.2. The molecular formula is C29H36ClF2N5O2. The van der Waals surface area contributed by atoms with Crippen LogP contribution in [0.15, 0.2) is 66.2 Å². The zero-order valence-corrected chi connectivity index (χ0v) is 24.2. The normalized spacial score (nSPS) is 12.6. The van der Waals surface area contributed by atoms with Crippen LogP contribution < -0.4 is 10.6 Å². The molecule has 0 aliphatic carbocycles. The summed E-state index contributed by atoms with van der Waals surface area (Å²) in [5.41, 5.74) is 1.07. The Balaban J connectivity index is 0.00000162. The maximum Gasteiger partial charge on any atom is 0.159 e. The van der Waals surface area contributed by atoms with Crippen molar-refractivity contribution in [3.8, 4) is 0 Å². The first kappa shape index (κ1) is 34.9. The molecule has 0 saturated carbocycles. The van der Waals surface area contributed by atoms with E-state index in [1.54, 1.807) is 20.0 Å². The predicted molar refractivity (Wildman–Crippen MR) is 159 cm³/mol. The highest BCUT2D eigenvalue weighted by molar-refractivity contribution is 6.30. The van der Waals surface area contributed by atoms with Gasteiger partial charge in [-0.3, -0.25) is 9.79 Å². The number of ketones is 1. The maximum absolute atomic E-state index is 15.4. The number of anilines is 3. The summed E-state index contributed by atoms with van der Waals surface area (Å²) in [6.45, 7) is 17.7. The van der Waals surface area contributed by atoms with Gasteiger partial charge in [0.1, 0.15) is 17.6 Å². The van der Waals surface area contributed by atoms with E-state index in [-0.39, 0.29) is 22.7 Å². The van der Waals surface area contributed by atoms with Crippen molar-refractivity contribution < 1.29 is 18.4 Å². The van der Waals surface area contributed by atoms with Crippen LogP contribution in [0.3, 0.4) is 0 Å². The summed E-state index contributed by atoms with van der Waals surface area (Å²) < 4.78 is 30.0. The molecule has 0 spiro atoms. The first-order chi connectivity index (χ1) is 18.6. The first-order valence-electron chi connectivity index (χ1n) is 12.2. The van der Waals surface area contributed by atoms with E-state index in [4.69, 9.17) is 16.4 Å². The molecule has 1 aromatic heterocycles. The lowest BCUT2D eigenvalue weighted by molar-refractivity contribution is -0.113. The maximum atomic E-state index is 15.4. The molecule has 2 N–H and O–H groups in total. The molecule has 0 bridgehead atoms. The Morgan fingerprint density at radius 2 is 1.79 bits per heavy atom. The average Bonchev–Trinajstić information content (AvgIpc) is 2.92. The summed E-state index contributed by atoms with van der Waals surface area (Å²) in [5.74, 6) is -0.0875. The van der Waals surface area contributed by atoms with Crippen LogP contribution in [-0.4, -0.2) is 34.9 Å². The smallest absolute Gasteiger partial charge is 0.159 e. The topological polar surface area (TPSA) is 86.7 Å². The molecule has 0 amide bonds. The number of hydrogen-bond acceptors (Lipinski definition) is 7. The van der Waals surface area contributed by atoms with Gasteiger partial charge in [0.2, 0.25) is 0 Å². The molecule has 2 aromatic rings. The van der Waals surface area contributed by atoms with E-state index < -0.39 is 11.6 Å². The van der Waals surface area contributed by atoms with Gasteiger partial charge in [-0.1, -0.05) is 52.3 Å². The summed E-state index contributed by atoms with van der Waals surface area (Å²) in [7, 11) is 1.66. The van der Waals surface area contributed by atoms with Crippen molar-refractivity contribution in [2.75, 3.05) is 17.7 Å². The van der Waals surface area contributed by atoms with Crippen LogP contribution in [0.25, 0.3) is 5.70 Å². The SMILES string of the molecule is C=C=O.C=CN1C=C(c2c(F)ccc(Nc3cc(Cl)cnc3NC)c2F)N=C/C1=C(/C)C(C)=O.CC.CCC. The van der Waals surface area contributed by atoms with Crippen LogP contribution in [0.1, 0.15) is 53.5 Å². The van der Waals surface area contributed by atoms with E-state index in [2.05, 4.69) is 47.6 Å². The van der Waals surface area contributed by atoms with Gasteiger partial charge in [0, 0.05) is 31.2 Å². The summed E-state index contributed by atoms with van der Waals surface area (Å²) in [6, 6.07) is 3.98.